The van der Waals surface area contributed by atoms with Crippen LogP contribution in [0.1, 0.15) is 24.0 Å². The van der Waals surface area contributed by atoms with Crippen molar-refractivity contribution < 1.29 is 35.4 Å². The lowest BCUT2D eigenvalue weighted by Gasteiger charge is -2.04. The second-order valence-electron chi connectivity index (χ2n) is 5.98. The smallest absolute Gasteiger partial charge is 0.200 e. The van der Waals surface area contributed by atoms with Crippen LogP contribution in [0.2, 0.25) is 0 Å². The molecule has 1 aliphatic carbocycles. The lowest BCUT2D eigenvalue weighted by molar-refractivity contribution is -0.111. The number of rotatable bonds is 2. The molecule has 0 aromatic heterocycles. The van der Waals surface area contributed by atoms with Crippen LogP contribution in [0.4, 0.5) is 0 Å². The fourth-order valence-corrected chi connectivity index (χ4v) is 2.80. The molecule has 0 radical (unpaired) electrons. The number of carbonyl (C=O) groups is 1. The van der Waals surface area contributed by atoms with Crippen molar-refractivity contribution in [3.8, 4) is 34.5 Å². The van der Waals surface area contributed by atoms with E-state index in [1.165, 1.54) is 36.4 Å². The maximum Gasteiger partial charge on any atom is 0.200 e. The van der Waals surface area contributed by atoms with E-state index in [0.717, 1.165) is 0 Å². The molecule has 6 N–H and O–H groups in total. The molecule has 1 aliphatic rings. The average molecular weight is 356 g/mol. The summed E-state index contributed by atoms with van der Waals surface area (Å²) in [6, 6.07) is 4.92. The summed E-state index contributed by atoms with van der Waals surface area (Å²) in [6.45, 7) is 0. The third kappa shape index (κ3) is 3.14. The highest BCUT2D eigenvalue weighted by atomic mass is 16.3. The molecule has 134 valence electrons. The van der Waals surface area contributed by atoms with E-state index in [1.807, 2.05) is 0 Å². The van der Waals surface area contributed by atoms with E-state index in [-0.39, 0.29) is 5.78 Å². The van der Waals surface area contributed by atoms with Gasteiger partial charge in [-0.1, -0.05) is 0 Å². The molecule has 0 bridgehead atoms. The van der Waals surface area contributed by atoms with E-state index in [0.29, 0.717) is 35.1 Å². The Morgan fingerprint density at radius 1 is 0.615 bits per heavy atom. The first kappa shape index (κ1) is 17.2. The quantitative estimate of drug-likeness (QED) is 0.359. The van der Waals surface area contributed by atoms with Crippen molar-refractivity contribution in [1.29, 1.82) is 0 Å². The van der Waals surface area contributed by atoms with Gasteiger partial charge in [0.05, 0.1) is 0 Å². The average Bonchev–Trinajstić information content (AvgIpc) is 2.90. The van der Waals surface area contributed by atoms with E-state index in [9.17, 15) is 35.4 Å². The van der Waals surface area contributed by atoms with Gasteiger partial charge in [-0.2, -0.15) is 0 Å². The molecule has 2 aromatic rings. The Morgan fingerprint density at radius 2 is 0.923 bits per heavy atom. The fraction of sp³-hybridized carbons (Fsp3) is 0.105. The Balaban J connectivity index is 1.91. The molecule has 0 unspecified atom stereocenters. The third-order valence-electron chi connectivity index (χ3n) is 4.11. The maximum absolute atomic E-state index is 12.5. The van der Waals surface area contributed by atoms with Crippen LogP contribution in [0, 0.1) is 0 Å². The number of hydrogen-bond donors (Lipinski definition) is 6. The first-order valence-electron chi connectivity index (χ1n) is 7.72. The van der Waals surface area contributed by atoms with Crippen LogP contribution in [-0.2, 0) is 4.79 Å². The molecule has 2 aromatic carbocycles. The van der Waals surface area contributed by atoms with Gasteiger partial charge in [0, 0.05) is 11.1 Å². The molecule has 26 heavy (non-hydrogen) atoms. The highest BCUT2D eigenvalue weighted by Gasteiger charge is 2.23. The molecule has 0 atom stereocenters. The van der Waals surface area contributed by atoms with Gasteiger partial charge >= 0.3 is 0 Å². The number of phenolic OH excluding ortho intramolecular Hbond substituents is 6. The summed E-state index contributed by atoms with van der Waals surface area (Å²) in [5, 5.41) is 56.9. The summed E-state index contributed by atoms with van der Waals surface area (Å²) in [5.74, 6) is -3.47. The second-order valence-corrected chi connectivity index (χ2v) is 5.98. The van der Waals surface area contributed by atoms with E-state index in [4.69, 9.17) is 0 Å². The Bertz CT molecular complexity index is 846. The highest BCUT2D eigenvalue weighted by Crippen LogP contribution is 2.39. The molecular weight excluding hydrogens is 340 g/mol. The molecule has 0 amide bonds. The number of aromatic hydroxyl groups is 6. The van der Waals surface area contributed by atoms with Crippen LogP contribution in [0.3, 0.4) is 0 Å². The molecule has 0 aliphatic heterocycles. The summed E-state index contributed by atoms with van der Waals surface area (Å²) in [6.07, 6.45) is 3.88. The highest BCUT2D eigenvalue weighted by molar-refractivity contribution is 6.15. The molecule has 7 nitrogen and oxygen atoms in total. The van der Waals surface area contributed by atoms with Gasteiger partial charge in [-0.05, 0) is 60.4 Å². The molecule has 0 saturated heterocycles. The van der Waals surface area contributed by atoms with Crippen molar-refractivity contribution in [2.24, 2.45) is 0 Å². The SMILES string of the molecule is O=C1C(=Cc2cc(O)c(O)c(O)c2)CCC1=Cc1cc(O)c(O)c(O)c1. The topological polar surface area (TPSA) is 138 Å². The summed E-state index contributed by atoms with van der Waals surface area (Å²) in [4.78, 5) is 12.5. The number of allylic oxidation sites excluding steroid dienone is 2. The fourth-order valence-electron chi connectivity index (χ4n) is 2.80. The number of hydrogen-bond acceptors (Lipinski definition) is 7. The van der Waals surface area contributed by atoms with Crippen LogP contribution >= 0.6 is 0 Å². The number of phenols is 6. The summed E-state index contributed by atoms with van der Waals surface area (Å²) in [7, 11) is 0. The lowest BCUT2D eigenvalue weighted by atomic mass is 10.1. The zero-order valence-electron chi connectivity index (χ0n) is 13.5. The second kappa shape index (κ2) is 6.36. The summed E-state index contributed by atoms with van der Waals surface area (Å²) < 4.78 is 0. The normalized spacial score (nSPS) is 17.3. The van der Waals surface area contributed by atoms with Gasteiger partial charge in [0.1, 0.15) is 0 Å². The Morgan fingerprint density at radius 3 is 1.23 bits per heavy atom. The van der Waals surface area contributed by atoms with Gasteiger partial charge in [0.2, 0.25) is 0 Å². The number of benzene rings is 2. The van der Waals surface area contributed by atoms with Gasteiger partial charge in [-0.25, -0.2) is 0 Å². The van der Waals surface area contributed by atoms with E-state index >= 15 is 0 Å². The first-order chi connectivity index (χ1) is 12.3. The standard InChI is InChI=1S/C19H16O7/c20-13-5-9(6-14(21)18(13)25)3-11-1-2-12(17(11)24)4-10-7-15(22)19(26)16(23)8-10/h3-8,20-23,25-26H,1-2H2. The van der Waals surface area contributed by atoms with Crippen LogP contribution in [-0.4, -0.2) is 36.4 Å². The minimum atomic E-state index is -0.627. The van der Waals surface area contributed by atoms with E-state index in [2.05, 4.69) is 0 Å². The third-order valence-corrected chi connectivity index (χ3v) is 4.11. The molecule has 3 rings (SSSR count). The van der Waals surface area contributed by atoms with Crippen molar-refractivity contribution in [1.82, 2.24) is 0 Å². The van der Waals surface area contributed by atoms with Gasteiger partial charge < -0.3 is 30.6 Å². The van der Waals surface area contributed by atoms with Gasteiger partial charge in [-0.3, -0.25) is 4.79 Å². The minimum absolute atomic E-state index is 0.246. The molecule has 1 saturated carbocycles. The number of Topliss-reactive ketones (excluding diaryl/α,β-unsaturated/α-hetero) is 1. The van der Waals surface area contributed by atoms with Crippen LogP contribution in [0.25, 0.3) is 12.2 Å². The zero-order chi connectivity index (χ0) is 19.0. The predicted octanol–water partition coefficient (Wildman–Crippen LogP) is 2.75. The lowest BCUT2D eigenvalue weighted by Crippen LogP contribution is -1.95. The number of carbonyl (C=O) groups excluding carboxylic acids is 1. The number of ketones is 1. The molecule has 1 fully saturated rings. The summed E-state index contributed by atoms with van der Waals surface area (Å²) in [5.41, 5.74) is 1.63. The van der Waals surface area contributed by atoms with Crippen LogP contribution in [0.15, 0.2) is 35.4 Å². The van der Waals surface area contributed by atoms with Crippen molar-refractivity contribution in [2.75, 3.05) is 0 Å². The van der Waals surface area contributed by atoms with Crippen molar-refractivity contribution in [2.45, 2.75) is 12.8 Å². The van der Waals surface area contributed by atoms with Crippen molar-refractivity contribution in [3.63, 3.8) is 0 Å². The maximum atomic E-state index is 12.5. The predicted molar refractivity (Wildman–Crippen MR) is 93.1 cm³/mol. The van der Waals surface area contributed by atoms with Gasteiger partial charge in [-0.15, -0.1) is 0 Å². The molecule has 0 heterocycles. The van der Waals surface area contributed by atoms with E-state index < -0.39 is 34.5 Å². The first-order valence-corrected chi connectivity index (χ1v) is 7.72. The van der Waals surface area contributed by atoms with Crippen molar-refractivity contribution in [3.05, 3.63) is 46.5 Å². The Kier molecular flexibility index (Phi) is 4.21. The van der Waals surface area contributed by atoms with Gasteiger partial charge in [0.15, 0.2) is 40.3 Å². The Hall–Kier alpha value is -3.61. The monoisotopic (exact) mass is 356 g/mol. The molecule has 0 spiro atoms. The van der Waals surface area contributed by atoms with Crippen molar-refractivity contribution >= 4 is 17.9 Å². The molecular formula is C19H16O7. The molecule has 7 heteroatoms. The Labute approximate surface area is 148 Å². The van der Waals surface area contributed by atoms with E-state index in [1.54, 1.807) is 0 Å². The summed E-state index contributed by atoms with van der Waals surface area (Å²) >= 11 is 0. The minimum Gasteiger partial charge on any atom is -0.504 e. The van der Waals surface area contributed by atoms with Crippen LogP contribution in [0.5, 0.6) is 34.5 Å². The zero-order valence-corrected chi connectivity index (χ0v) is 13.5. The van der Waals surface area contributed by atoms with Crippen LogP contribution < -0.4 is 0 Å². The largest absolute Gasteiger partial charge is 0.504 e. The van der Waals surface area contributed by atoms with Gasteiger partial charge in [0.25, 0.3) is 0 Å².